The summed E-state index contributed by atoms with van der Waals surface area (Å²) in [6.07, 6.45) is 6.19. The van der Waals surface area contributed by atoms with Gasteiger partial charge in [-0.15, -0.1) is 0 Å². The lowest BCUT2D eigenvalue weighted by molar-refractivity contribution is -0.148. The lowest BCUT2D eigenvalue weighted by atomic mass is 9.87. The summed E-state index contributed by atoms with van der Waals surface area (Å²) in [6, 6.07) is 0. The van der Waals surface area contributed by atoms with Gasteiger partial charge in [0.15, 0.2) is 5.16 Å². The highest BCUT2D eigenvalue weighted by atomic mass is 32.2. The van der Waals surface area contributed by atoms with Gasteiger partial charge in [-0.1, -0.05) is 11.8 Å². The maximum atomic E-state index is 11.7. The normalized spacial score (nSPS) is 18.6. The number of carbonyl (C=O) groups excluding carboxylic acids is 1. The standard InChI is InChI=1S/C12H16N2O2S/c1-3-16-11(15)8-4-5-10-9(6-8)7-13-12(14-10)17-2/h7-8H,3-6H2,1-2H3. The molecule has 0 radical (unpaired) electrons. The number of rotatable bonds is 3. The number of carbonyl (C=O) groups is 1. The summed E-state index contributed by atoms with van der Waals surface area (Å²) < 4.78 is 5.06. The fraction of sp³-hybridized carbons (Fsp3) is 0.583. The summed E-state index contributed by atoms with van der Waals surface area (Å²) in [5.41, 5.74) is 2.18. The van der Waals surface area contributed by atoms with Crippen molar-refractivity contribution in [1.82, 2.24) is 9.97 Å². The number of ether oxygens (including phenoxy) is 1. The molecule has 0 bridgehead atoms. The summed E-state index contributed by atoms with van der Waals surface area (Å²) in [7, 11) is 0. The van der Waals surface area contributed by atoms with E-state index in [4.69, 9.17) is 4.74 Å². The van der Waals surface area contributed by atoms with Gasteiger partial charge >= 0.3 is 5.97 Å². The van der Waals surface area contributed by atoms with Crippen molar-refractivity contribution in [3.05, 3.63) is 17.5 Å². The van der Waals surface area contributed by atoms with E-state index in [1.165, 1.54) is 0 Å². The summed E-state index contributed by atoms with van der Waals surface area (Å²) in [4.78, 5) is 20.4. The Morgan fingerprint density at radius 1 is 1.65 bits per heavy atom. The number of nitrogens with zero attached hydrogens (tertiary/aromatic N) is 2. The Labute approximate surface area is 105 Å². The molecule has 0 spiro atoms. The van der Waals surface area contributed by atoms with E-state index in [1.807, 2.05) is 19.4 Å². The van der Waals surface area contributed by atoms with Gasteiger partial charge in [0.25, 0.3) is 0 Å². The molecular weight excluding hydrogens is 236 g/mol. The molecule has 0 aromatic carbocycles. The van der Waals surface area contributed by atoms with E-state index in [0.717, 1.165) is 29.3 Å². The molecule has 1 aliphatic rings. The highest BCUT2D eigenvalue weighted by Gasteiger charge is 2.26. The van der Waals surface area contributed by atoms with Crippen LogP contribution in [-0.2, 0) is 22.4 Å². The van der Waals surface area contributed by atoms with Crippen molar-refractivity contribution in [3.63, 3.8) is 0 Å². The van der Waals surface area contributed by atoms with E-state index in [2.05, 4.69) is 9.97 Å². The van der Waals surface area contributed by atoms with Crippen molar-refractivity contribution in [3.8, 4) is 0 Å². The smallest absolute Gasteiger partial charge is 0.309 e. The van der Waals surface area contributed by atoms with Gasteiger partial charge in [-0.2, -0.15) is 0 Å². The molecule has 2 rings (SSSR count). The summed E-state index contributed by atoms with van der Waals surface area (Å²) in [5.74, 6) is -0.113. The SMILES string of the molecule is CCOC(=O)C1CCc2nc(SC)ncc2C1. The molecule has 0 fully saturated rings. The van der Waals surface area contributed by atoms with Crippen LogP contribution in [0.3, 0.4) is 0 Å². The van der Waals surface area contributed by atoms with Crippen LogP contribution in [0.4, 0.5) is 0 Å². The average molecular weight is 252 g/mol. The van der Waals surface area contributed by atoms with Gasteiger partial charge in [-0.3, -0.25) is 4.79 Å². The Morgan fingerprint density at radius 3 is 3.18 bits per heavy atom. The average Bonchev–Trinajstić information content (AvgIpc) is 2.37. The zero-order valence-corrected chi connectivity index (χ0v) is 10.9. The number of aryl methyl sites for hydroxylation is 1. The molecule has 1 aliphatic carbocycles. The molecule has 1 aromatic heterocycles. The van der Waals surface area contributed by atoms with Crippen LogP contribution >= 0.6 is 11.8 Å². The number of hydrogen-bond acceptors (Lipinski definition) is 5. The van der Waals surface area contributed by atoms with Crippen LogP contribution in [0.5, 0.6) is 0 Å². The van der Waals surface area contributed by atoms with Gasteiger partial charge < -0.3 is 4.74 Å². The van der Waals surface area contributed by atoms with Gasteiger partial charge in [-0.25, -0.2) is 9.97 Å². The Balaban J connectivity index is 2.11. The first kappa shape index (κ1) is 12.4. The first-order chi connectivity index (χ1) is 8.24. The molecule has 5 heteroatoms. The van der Waals surface area contributed by atoms with Crippen molar-refractivity contribution in [2.75, 3.05) is 12.9 Å². The molecular formula is C12H16N2O2S. The summed E-state index contributed by atoms with van der Waals surface area (Å²) in [6.45, 7) is 2.28. The summed E-state index contributed by atoms with van der Waals surface area (Å²) in [5, 5.41) is 0.804. The first-order valence-electron chi connectivity index (χ1n) is 5.80. The van der Waals surface area contributed by atoms with Crippen molar-refractivity contribution < 1.29 is 9.53 Å². The minimum atomic E-state index is -0.0907. The number of hydrogen-bond donors (Lipinski definition) is 0. The van der Waals surface area contributed by atoms with Gasteiger partial charge in [0, 0.05) is 11.9 Å². The quantitative estimate of drug-likeness (QED) is 0.467. The molecule has 0 saturated carbocycles. The van der Waals surface area contributed by atoms with Crippen LogP contribution in [0.2, 0.25) is 0 Å². The summed E-state index contributed by atoms with van der Waals surface area (Å²) >= 11 is 1.54. The van der Waals surface area contributed by atoms with Crippen LogP contribution < -0.4 is 0 Å². The zero-order chi connectivity index (χ0) is 12.3. The number of fused-ring (bicyclic) bond motifs is 1. The molecule has 1 aromatic rings. The van der Waals surface area contributed by atoms with E-state index in [1.54, 1.807) is 11.8 Å². The van der Waals surface area contributed by atoms with Crippen LogP contribution in [0.25, 0.3) is 0 Å². The third-order valence-electron chi connectivity index (χ3n) is 2.93. The molecule has 1 unspecified atom stereocenters. The van der Waals surface area contributed by atoms with Gasteiger partial charge in [0.2, 0.25) is 0 Å². The minimum absolute atomic E-state index is 0.0221. The fourth-order valence-electron chi connectivity index (χ4n) is 2.05. The Bertz CT molecular complexity index is 423. The Kier molecular flexibility index (Phi) is 3.99. The first-order valence-corrected chi connectivity index (χ1v) is 7.02. The van der Waals surface area contributed by atoms with Crippen molar-refractivity contribution >= 4 is 17.7 Å². The molecule has 0 amide bonds. The van der Waals surface area contributed by atoms with Crippen molar-refractivity contribution in [2.24, 2.45) is 5.92 Å². The van der Waals surface area contributed by atoms with Gasteiger partial charge in [-0.05, 0) is 38.0 Å². The maximum absolute atomic E-state index is 11.7. The molecule has 0 N–H and O–H groups in total. The Morgan fingerprint density at radius 2 is 2.47 bits per heavy atom. The highest BCUT2D eigenvalue weighted by Crippen LogP contribution is 2.25. The molecule has 1 heterocycles. The lowest BCUT2D eigenvalue weighted by Gasteiger charge is -2.22. The van der Waals surface area contributed by atoms with Crippen LogP contribution in [0.15, 0.2) is 11.4 Å². The largest absolute Gasteiger partial charge is 0.466 e. The zero-order valence-electron chi connectivity index (χ0n) is 10.1. The van der Waals surface area contributed by atoms with Crippen LogP contribution in [0.1, 0.15) is 24.6 Å². The molecule has 1 atom stereocenters. The van der Waals surface area contributed by atoms with E-state index < -0.39 is 0 Å². The van der Waals surface area contributed by atoms with E-state index in [-0.39, 0.29) is 11.9 Å². The fourth-order valence-corrected chi connectivity index (χ4v) is 2.41. The van der Waals surface area contributed by atoms with Crippen LogP contribution in [-0.4, -0.2) is 28.8 Å². The third kappa shape index (κ3) is 2.77. The molecule has 4 nitrogen and oxygen atoms in total. The van der Waals surface area contributed by atoms with Crippen molar-refractivity contribution in [2.45, 2.75) is 31.3 Å². The van der Waals surface area contributed by atoms with E-state index in [0.29, 0.717) is 13.0 Å². The number of esters is 1. The number of thioether (sulfide) groups is 1. The maximum Gasteiger partial charge on any atom is 0.309 e. The molecule has 17 heavy (non-hydrogen) atoms. The number of aromatic nitrogens is 2. The topological polar surface area (TPSA) is 52.1 Å². The molecule has 0 aliphatic heterocycles. The monoisotopic (exact) mass is 252 g/mol. The van der Waals surface area contributed by atoms with E-state index in [9.17, 15) is 4.79 Å². The second-order valence-electron chi connectivity index (χ2n) is 4.02. The molecule has 92 valence electrons. The minimum Gasteiger partial charge on any atom is -0.466 e. The second kappa shape index (κ2) is 5.49. The third-order valence-corrected chi connectivity index (χ3v) is 3.49. The lowest BCUT2D eigenvalue weighted by Crippen LogP contribution is -2.25. The molecule has 0 saturated heterocycles. The van der Waals surface area contributed by atoms with Crippen molar-refractivity contribution in [1.29, 1.82) is 0 Å². The van der Waals surface area contributed by atoms with E-state index >= 15 is 0 Å². The predicted octanol–water partition coefficient (Wildman–Crippen LogP) is 1.87. The Hall–Kier alpha value is -1.10. The van der Waals surface area contributed by atoms with Crippen LogP contribution in [0, 0.1) is 5.92 Å². The highest BCUT2D eigenvalue weighted by molar-refractivity contribution is 7.98. The van der Waals surface area contributed by atoms with Gasteiger partial charge in [0.1, 0.15) is 0 Å². The second-order valence-corrected chi connectivity index (χ2v) is 4.79. The predicted molar refractivity (Wildman–Crippen MR) is 66.0 cm³/mol. The van der Waals surface area contributed by atoms with Gasteiger partial charge in [0.05, 0.1) is 12.5 Å².